The molecule has 47 heavy (non-hydrogen) atoms. The Morgan fingerprint density at radius 2 is 1.15 bits per heavy atom. The van der Waals surface area contributed by atoms with Gasteiger partial charge in [0.2, 0.25) is 0 Å². The van der Waals surface area contributed by atoms with Gasteiger partial charge in [-0.1, -0.05) is 126 Å². The van der Waals surface area contributed by atoms with E-state index >= 15 is 0 Å². The Labute approximate surface area is 284 Å². The van der Waals surface area contributed by atoms with Gasteiger partial charge in [0.05, 0.1) is 0 Å². The van der Waals surface area contributed by atoms with Crippen molar-refractivity contribution in [2.45, 2.75) is 38.0 Å². The van der Waals surface area contributed by atoms with Gasteiger partial charge in [-0.15, -0.1) is 0 Å². The van der Waals surface area contributed by atoms with Crippen LogP contribution in [0.2, 0.25) is 0 Å². The van der Waals surface area contributed by atoms with E-state index in [9.17, 15) is 0 Å². The molecule has 1 aromatic heterocycles. The molecule has 0 aliphatic heterocycles. The molecule has 5 atom stereocenters. The maximum absolute atomic E-state index is 4.94. The fourth-order valence-electron chi connectivity index (χ4n) is 10.1. The number of benzene rings is 5. The largest absolute Gasteiger partial charge is 0.208 e. The lowest BCUT2D eigenvalue weighted by molar-refractivity contribution is 0.202. The van der Waals surface area contributed by atoms with E-state index in [0.717, 1.165) is 34.4 Å². The minimum atomic E-state index is 0.174. The van der Waals surface area contributed by atoms with Crippen molar-refractivity contribution in [1.29, 1.82) is 0 Å². The second-order valence-corrected chi connectivity index (χ2v) is 15.4. The average Bonchev–Trinajstić information content (AvgIpc) is 3.65. The molecular formula is C43H34BrN3. The van der Waals surface area contributed by atoms with Crippen LogP contribution in [-0.2, 0) is 5.41 Å². The van der Waals surface area contributed by atoms with E-state index in [1.807, 2.05) is 60.7 Å². The zero-order valence-electron chi connectivity index (χ0n) is 26.3. The van der Waals surface area contributed by atoms with Crippen LogP contribution in [0, 0.1) is 23.2 Å². The summed E-state index contributed by atoms with van der Waals surface area (Å²) in [5.41, 5.74) is 12.2. The first-order chi connectivity index (χ1) is 23.0. The standard InChI is InChI=1S/C43H34BrN3/c1-26-20-32-24-42(23-26)25-38(42)43(32)36-19-16-31(21-35(36)34-18-17-33(44)22-37(34)43)27-12-14-30(15-13-27)41-46-39(28-8-4-2-5-9-28)45-40(47-41)29-10-6-3-7-11-29/h2-19,21-22,26,32,38H,20,23-25H2,1H3. The van der Waals surface area contributed by atoms with Crippen molar-refractivity contribution in [3.63, 3.8) is 0 Å². The molecular weight excluding hydrogens is 638 g/mol. The molecule has 3 nitrogen and oxygen atoms in total. The van der Waals surface area contributed by atoms with E-state index < -0.39 is 0 Å². The summed E-state index contributed by atoms with van der Waals surface area (Å²) in [4.78, 5) is 14.7. The van der Waals surface area contributed by atoms with Gasteiger partial charge in [-0.25, -0.2) is 15.0 Å². The van der Waals surface area contributed by atoms with Crippen molar-refractivity contribution in [3.05, 3.63) is 137 Å². The zero-order valence-corrected chi connectivity index (χ0v) is 27.9. The summed E-state index contributed by atoms with van der Waals surface area (Å²) < 4.78 is 1.20. The van der Waals surface area contributed by atoms with Crippen LogP contribution in [0.15, 0.2) is 126 Å². The van der Waals surface area contributed by atoms with Crippen molar-refractivity contribution in [3.8, 4) is 56.4 Å². The Bertz CT molecular complexity index is 2140. The number of hydrogen-bond acceptors (Lipinski definition) is 3. The summed E-state index contributed by atoms with van der Waals surface area (Å²) in [6.45, 7) is 2.49. The predicted octanol–water partition coefficient (Wildman–Crippen LogP) is 11.0. The molecule has 2 bridgehead atoms. The highest BCUT2D eigenvalue weighted by atomic mass is 79.9. The SMILES string of the molecule is CC1CC2CC3(C1)CC3C21c2ccc(-c3ccc(-c4nc(-c5ccccc5)nc(-c5ccccc5)n4)cc3)cc2-c2ccc(Br)cc21. The fourth-order valence-corrected chi connectivity index (χ4v) is 10.5. The van der Waals surface area contributed by atoms with E-state index in [2.05, 4.69) is 83.5 Å². The lowest BCUT2D eigenvalue weighted by Gasteiger charge is -2.39. The lowest BCUT2D eigenvalue weighted by Crippen LogP contribution is -2.35. The van der Waals surface area contributed by atoms with Crippen molar-refractivity contribution >= 4 is 15.9 Å². The van der Waals surface area contributed by atoms with E-state index in [1.165, 1.54) is 52.4 Å². The third-order valence-corrected chi connectivity index (χ3v) is 12.3. The summed E-state index contributed by atoms with van der Waals surface area (Å²) in [6.07, 6.45) is 5.57. The molecule has 3 fully saturated rings. The maximum Gasteiger partial charge on any atom is 0.164 e. The van der Waals surface area contributed by atoms with Crippen molar-refractivity contribution < 1.29 is 0 Å². The van der Waals surface area contributed by atoms with Gasteiger partial charge >= 0.3 is 0 Å². The maximum atomic E-state index is 4.94. The monoisotopic (exact) mass is 671 g/mol. The molecule has 6 aromatic rings. The van der Waals surface area contributed by atoms with E-state index in [0.29, 0.717) is 22.9 Å². The highest BCUT2D eigenvalue weighted by molar-refractivity contribution is 9.10. The number of fused-ring (bicyclic) bond motifs is 8. The molecule has 228 valence electrons. The van der Waals surface area contributed by atoms with Crippen LogP contribution in [0.5, 0.6) is 0 Å². The van der Waals surface area contributed by atoms with Crippen LogP contribution in [0.1, 0.15) is 43.7 Å². The fraction of sp³-hybridized carbons (Fsp3) is 0.233. The Balaban J connectivity index is 1.05. The summed E-state index contributed by atoms with van der Waals surface area (Å²) in [6, 6.07) is 43.5. The molecule has 2 spiro atoms. The van der Waals surface area contributed by atoms with Crippen LogP contribution in [0.25, 0.3) is 56.4 Å². The van der Waals surface area contributed by atoms with Gasteiger partial charge in [0.25, 0.3) is 0 Å². The Morgan fingerprint density at radius 1 is 0.553 bits per heavy atom. The molecule has 0 saturated heterocycles. The molecule has 0 N–H and O–H groups in total. The Morgan fingerprint density at radius 3 is 1.81 bits per heavy atom. The molecule has 4 heteroatoms. The summed E-state index contributed by atoms with van der Waals surface area (Å²) >= 11 is 3.85. The number of aromatic nitrogens is 3. The zero-order chi connectivity index (χ0) is 31.3. The molecule has 0 amide bonds. The van der Waals surface area contributed by atoms with Gasteiger partial charge in [0.1, 0.15) is 0 Å². The first kappa shape index (κ1) is 27.7. The smallest absolute Gasteiger partial charge is 0.164 e. The first-order valence-corrected chi connectivity index (χ1v) is 17.7. The van der Waals surface area contributed by atoms with E-state index in [1.54, 1.807) is 11.1 Å². The van der Waals surface area contributed by atoms with Gasteiger partial charge in [0, 0.05) is 26.6 Å². The van der Waals surface area contributed by atoms with Gasteiger partial charge in [0.15, 0.2) is 17.5 Å². The molecule has 5 unspecified atom stereocenters. The van der Waals surface area contributed by atoms with Gasteiger partial charge in [-0.2, -0.15) is 0 Å². The molecule has 4 aliphatic carbocycles. The number of halogens is 1. The third kappa shape index (κ3) is 4.07. The van der Waals surface area contributed by atoms with Crippen LogP contribution < -0.4 is 0 Å². The van der Waals surface area contributed by atoms with Crippen LogP contribution in [0.4, 0.5) is 0 Å². The summed E-state index contributed by atoms with van der Waals surface area (Å²) in [5, 5.41) is 0. The Kier molecular flexibility index (Phi) is 5.92. The quantitative estimate of drug-likeness (QED) is 0.187. The first-order valence-electron chi connectivity index (χ1n) is 16.9. The number of nitrogens with zero attached hydrogens (tertiary/aromatic N) is 3. The van der Waals surface area contributed by atoms with E-state index in [4.69, 9.17) is 15.0 Å². The minimum absolute atomic E-state index is 0.174. The van der Waals surface area contributed by atoms with Crippen molar-refractivity contribution in [2.24, 2.45) is 23.2 Å². The molecule has 4 aliphatic rings. The molecule has 3 saturated carbocycles. The van der Waals surface area contributed by atoms with Crippen LogP contribution >= 0.6 is 15.9 Å². The molecule has 10 rings (SSSR count). The van der Waals surface area contributed by atoms with Crippen molar-refractivity contribution in [2.75, 3.05) is 0 Å². The summed E-state index contributed by atoms with van der Waals surface area (Å²) in [7, 11) is 0. The topological polar surface area (TPSA) is 38.7 Å². The van der Waals surface area contributed by atoms with Crippen LogP contribution in [-0.4, -0.2) is 15.0 Å². The second-order valence-electron chi connectivity index (χ2n) is 14.5. The molecule has 1 heterocycles. The summed E-state index contributed by atoms with van der Waals surface area (Å²) in [5.74, 6) is 4.39. The highest BCUT2D eigenvalue weighted by Gasteiger charge is 2.75. The number of hydrogen-bond donors (Lipinski definition) is 0. The Hall–Kier alpha value is -4.41. The van der Waals surface area contributed by atoms with Crippen LogP contribution in [0.3, 0.4) is 0 Å². The second kappa shape index (κ2) is 10.0. The normalized spacial score (nSPS) is 26.1. The average molecular weight is 673 g/mol. The molecule has 5 aromatic carbocycles. The number of rotatable bonds is 4. The van der Waals surface area contributed by atoms with E-state index in [-0.39, 0.29) is 5.41 Å². The van der Waals surface area contributed by atoms with Gasteiger partial charge < -0.3 is 0 Å². The highest BCUT2D eigenvalue weighted by Crippen LogP contribution is 2.82. The molecule has 0 radical (unpaired) electrons. The van der Waals surface area contributed by atoms with Gasteiger partial charge in [-0.3, -0.25) is 0 Å². The minimum Gasteiger partial charge on any atom is -0.208 e. The lowest BCUT2D eigenvalue weighted by atomic mass is 9.64. The third-order valence-electron chi connectivity index (χ3n) is 11.8. The van der Waals surface area contributed by atoms with Gasteiger partial charge in [-0.05, 0) is 100 Å². The predicted molar refractivity (Wildman–Crippen MR) is 193 cm³/mol. The van der Waals surface area contributed by atoms with Crippen molar-refractivity contribution in [1.82, 2.24) is 15.0 Å².